The van der Waals surface area contributed by atoms with Gasteiger partial charge < -0.3 is 10.1 Å². The van der Waals surface area contributed by atoms with Crippen molar-refractivity contribution < 1.29 is 9.53 Å². The summed E-state index contributed by atoms with van der Waals surface area (Å²) < 4.78 is 5.48. The Bertz CT molecular complexity index is 442. The molecule has 2 aliphatic heterocycles. The highest BCUT2D eigenvalue weighted by molar-refractivity contribution is 5.80. The molecule has 1 saturated heterocycles. The number of ether oxygens (including phenoxy) is 1. The molecular formula is C14H17NO2. The molecular weight excluding hydrogens is 214 g/mol. The predicted molar refractivity (Wildman–Crippen MR) is 65.1 cm³/mol. The number of amides is 1. The van der Waals surface area contributed by atoms with Gasteiger partial charge in [-0.3, -0.25) is 4.79 Å². The van der Waals surface area contributed by atoms with Crippen LogP contribution in [0.2, 0.25) is 0 Å². The van der Waals surface area contributed by atoms with E-state index in [0.29, 0.717) is 0 Å². The molecule has 0 radical (unpaired) electrons. The van der Waals surface area contributed by atoms with Gasteiger partial charge in [0.1, 0.15) is 5.75 Å². The molecule has 1 amide bonds. The van der Waals surface area contributed by atoms with Crippen molar-refractivity contribution in [3.05, 3.63) is 29.3 Å². The van der Waals surface area contributed by atoms with E-state index in [0.717, 1.165) is 44.6 Å². The molecule has 1 unspecified atom stereocenters. The highest BCUT2D eigenvalue weighted by Gasteiger charge is 2.23. The maximum atomic E-state index is 11.5. The van der Waals surface area contributed by atoms with Gasteiger partial charge in [-0.15, -0.1) is 0 Å². The number of rotatable bonds is 3. The van der Waals surface area contributed by atoms with Crippen LogP contribution in [0.4, 0.5) is 0 Å². The van der Waals surface area contributed by atoms with Crippen molar-refractivity contribution in [2.75, 3.05) is 13.2 Å². The Morgan fingerprint density at radius 2 is 2.35 bits per heavy atom. The summed E-state index contributed by atoms with van der Waals surface area (Å²) >= 11 is 0. The number of carbonyl (C=O) groups excluding carboxylic acids is 1. The van der Waals surface area contributed by atoms with Crippen LogP contribution in [0.15, 0.2) is 18.2 Å². The number of benzene rings is 1. The fourth-order valence-electron chi connectivity index (χ4n) is 2.66. The minimum Gasteiger partial charge on any atom is -0.493 e. The monoisotopic (exact) mass is 231 g/mol. The fourth-order valence-corrected chi connectivity index (χ4v) is 2.66. The van der Waals surface area contributed by atoms with Gasteiger partial charge in [0.2, 0.25) is 5.91 Å². The summed E-state index contributed by atoms with van der Waals surface area (Å²) in [7, 11) is 0. The zero-order valence-corrected chi connectivity index (χ0v) is 9.87. The summed E-state index contributed by atoms with van der Waals surface area (Å²) in [5, 5.41) is 2.89. The summed E-state index contributed by atoms with van der Waals surface area (Å²) in [6.07, 6.45) is 3.97. The van der Waals surface area contributed by atoms with Crippen LogP contribution in [0, 0.1) is 5.92 Å². The van der Waals surface area contributed by atoms with Gasteiger partial charge in [-0.2, -0.15) is 0 Å². The van der Waals surface area contributed by atoms with Crippen LogP contribution in [0.25, 0.3) is 0 Å². The zero-order chi connectivity index (χ0) is 11.7. The quantitative estimate of drug-likeness (QED) is 0.859. The third kappa shape index (κ3) is 2.14. The van der Waals surface area contributed by atoms with Crippen LogP contribution in [-0.2, 0) is 17.6 Å². The molecule has 1 aromatic rings. The molecule has 1 aromatic carbocycles. The molecule has 0 saturated carbocycles. The molecule has 17 heavy (non-hydrogen) atoms. The van der Waals surface area contributed by atoms with Gasteiger partial charge in [0.25, 0.3) is 0 Å². The molecule has 0 bridgehead atoms. The van der Waals surface area contributed by atoms with E-state index in [9.17, 15) is 4.79 Å². The molecule has 90 valence electrons. The Morgan fingerprint density at radius 3 is 3.18 bits per heavy atom. The minimum absolute atomic E-state index is 0.222. The molecule has 1 N–H and O–H groups in total. The van der Waals surface area contributed by atoms with Crippen molar-refractivity contribution in [2.24, 2.45) is 5.92 Å². The van der Waals surface area contributed by atoms with Crippen molar-refractivity contribution in [1.29, 1.82) is 0 Å². The topological polar surface area (TPSA) is 38.3 Å². The molecule has 3 nitrogen and oxygen atoms in total. The predicted octanol–water partition coefficient (Wildman–Crippen LogP) is 1.69. The van der Waals surface area contributed by atoms with Gasteiger partial charge in [0.05, 0.1) is 6.61 Å². The fraction of sp³-hybridized carbons (Fsp3) is 0.500. The lowest BCUT2D eigenvalue weighted by Gasteiger charge is -2.07. The molecule has 0 aliphatic carbocycles. The van der Waals surface area contributed by atoms with Crippen molar-refractivity contribution in [3.8, 4) is 5.75 Å². The number of hydrogen-bond acceptors (Lipinski definition) is 2. The lowest BCUT2D eigenvalue weighted by Crippen LogP contribution is -2.19. The van der Waals surface area contributed by atoms with E-state index >= 15 is 0 Å². The second-order valence-electron chi connectivity index (χ2n) is 4.86. The van der Waals surface area contributed by atoms with Gasteiger partial charge in [-0.25, -0.2) is 0 Å². The van der Waals surface area contributed by atoms with Gasteiger partial charge in [-0.05, 0) is 36.5 Å². The summed E-state index contributed by atoms with van der Waals surface area (Å²) in [6.45, 7) is 1.66. The van der Waals surface area contributed by atoms with E-state index in [4.69, 9.17) is 4.74 Å². The Morgan fingerprint density at radius 1 is 1.41 bits per heavy atom. The van der Waals surface area contributed by atoms with E-state index in [1.807, 2.05) is 0 Å². The maximum absolute atomic E-state index is 11.5. The third-order valence-corrected chi connectivity index (χ3v) is 3.70. The van der Waals surface area contributed by atoms with Crippen molar-refractivity contribution in [2.45, 2.75) is 25.7 Å². The third-order valence-electron chi connectivity index (χ3n) is 3.70. The first kappa shape index (κ1) is 10.6. The lowest BCUT2D eigenvalue weighted by atomic mass is 9.97. The van der Waals surface area contributed by atoms with Crippen LogP contribution >= 0.6 is 0 Å². The molecule has 2 aliphatic rings. The van der Waals surface area contributed by atoms with Crippen molar-refractivity contribution in [1.82, 2.24) is 5.32 Å². The molecule has 1 atom stereocenters. The summed E-state index contributed by atoms with van der Waals surface area (Å²) in [5.41, 5.74) is 2.65. The first-order valence-electron chi connectivity index (χ1n) is 6.35. The largest absolute Gasteiger partial charge is 0.493 e. The smallest absolute Gasteiger partial charge is 0.223 e. The highest BCUT2D eigenvalue weighted by atomic mass is 16.5. The number of carbonyl (C=O) groups is 1. The van der Waals surface area contributed by atoms with Crippen LogP contribution in [0.3, 0.4) is 0 Å². The van der Waals surface area contributed by atoms with Gasteiger partial charge in [0.15, 0.2) is 0 Å². The Kier molecular flexibility index (Phi) is 2.75. The van der Waals surface area contributed by atoms with E-state index in [1.165, 1.54) is 11.1 Å². The molecule has 2 heterocycles. The first-order valence-corrected chi connectivity index (χ1v) is 6.35. The normalized spacial score (nSPS) is 22.1. The number of fused-ring (bicyclic) bond motifs is 1. The van der Waals surface area contributed by atoms with E-state index in [-0.39, 0.29) is 11.8 Å². The van der Waals surface area contributed by atoms with Gasteiger partial charge in [-0.1, -0.05) is 12.1 Å². The molecule has 3 heteroatoms. The number of aryl methyl sites for hydroxylation is 1. The Hall–Kier alpha value is -1.51. The average molecular weight is 231 g/mol. The standard InChI is InChI=1S/C14H17NO2/c16-14-11(5-7-15-14)3-1-10-2-4-13-12(9-10)6-8-17-13/h2,4,9,11H,1,3,5-8H2,(H,15,16). The molecule has 0 aromatic heterocycles. The van der Waals surface area contributed by atoms with Crippen molar-refractivity contribution in [3.63, 3.8) is 0 Å². The minimum atomic E-state index is 0.222. The number of hydrogen-bond donors (Lipinski definition) is 1. The maximum Gasteiger partial charge on any atom is 0.223 e. The average Bonchev–Trinajstić information content (AvgIpc) is 2.94. The van der Waals surface area contributed by atoms with Gasteiger partial charge >= 0.3 is 0 Å². The van der Waals surface area contributed by atoms with Crippen LogP contribution in [-0.4, -0.2) is 19.1 Å². The molecule has 3 rings (SSSR count). The summed E-state index contributed by atoms with van der Waals surface area (Å²) in [5.74, 6) is 1.49. The molecule has 1 fully saturated rings. The molecule has 0 spiro atoms. The van der Waals surface area contributed by atoms with Crippen LogP contribution in [0.1, 0.15) is 24.0 Å². The van der Waals surface area contributed by atoms with E-state index < -0.39 is 0 Å². The summed E-state index contributed by atoms with van der Waals surface area (Å²) in [6, 6.07) is 6.42. The highest BCUT2D eigenvalue weighted by Crippen LogP contribution is 2.27. The summed E-state index contributed by atoms with van der Waals surface area (Å²) in [4.78, 5) is 11.5. The van der Waals surface area contributed by atoms with Crippen LogP contribution < -0.4 is 10.1 Å². The zero-order valence-electron chi connectivity index (χ0n) is 9.87. The first-order chi connectivity index (χ1) is 8.33. The van der Waals surface area contributed by atoms with Crippen LogP contribution in [0.5, 0.6) is 5.75 Å². The second kappa shape index (κ2) is 4.40. The second-order valence-corrected chi connectivity index (χ2v) is 4.86. The van der Waals surface area contributed by atoms with E-state index in [1.54, 1.807) is 0 Å². The van der Waals surface area contributed by atoms with Gasteiger partial charge in [0, 0.05) is 18.9 Å². The lowest BCUT2D eigenvalue weighted by molar-refractivity contribution is -0.122. The van der Waals surface area contributed by atoms with Crippen molar-refractivity contribution >= 4 is 5.91 Å². The van der Waals surface area contributed by atoms with E-state index in [2.05, 4.69) is 23.5 Å². The Labute approximate surface area is 101 Å². The Balaban J connectivity index is 1.63. The SMILES string of the molecule is O=C1NCCC1CCc1ccc2c(c1)CCO2. The number of nitrogens with one attached hydrogen (secondary N) is 1.